The Labute approximate surface area is 185 Å². The van der Waals surface area contributed by atoms with Crippen LogP contribution in [-0.4, -0.2) is 46.2 Å². The Bertz CT molecular complexity index is 1330. The van der Waals surface area contributed by atoms with Crippen molar-refractivity contribution in [2.75, 3.05) is 31.2 Å². The average Bonchev–Trinajstić information content (AvgIpc) is 3.30. The van der Waals surface area contributed by atoms with Gasteiger partial charge in [-0.2, -0.15) is 5.26 Å². The van der Waals surface area contributed by atoms with Crippen molar-refractivity contribution in [3.8, 4) is 17.5 Å². The van der Waals surface area contributed by atoms with Crippen LogP contribution < -0.4 is 4.90 Å². The fraction of sp³-hybridized carbons (Fsp3) is 0.160. The lowest BCUT2D eigenvalue weighted by molar-refractivity contribution is 0.122. The van der Waals surface area contributed by atoms with Gasteiger partial charge in [0, 0.05) is 18.7 Å². The summed E-state index contributed by atoms with van der Waals surface area (Å²) in [5, 5.41) is 31.3. The van der Waals surface area contributed by atoms with Gasteiger partial charge in [-0.1, -0.05) is 48.5 Å². The molecule has 32 heavy (non-hydrogen) atoms. The maximum atomic E-state index is 10.6. The minimum Gasteiger partial charge on any atom is -0.507 e. The lowest BCUT2D eigenvalue weighted by atomic mass is 10.0. The van der Waals surface area contributed by atoms with Crippen LogP contribution in [0.3, 0.4) is 0 Å². The maximum Gasteiger partial charge on any atom is 0.232 e. The molecule has 0 atom stereocenters. The first-order chi connectivity index (χ1) is 15.8. The molecule has 0 bridgehead atoms. The van der Waals surface area contributed by atoms with Gasteiger partial charge in [0.25, 0.3) is 0 Å². The minimum atomic E-state index is 0.107. The van der Waals surface area contributed by atoms with Gasteiger partial charge in [0.05, 0.1) is 24.5 Å². The molecule has 0 amide bonds. The van der Waals surface area contributed by atoms with E-state index in [1.165, 1.54) is 0 Å². The van der Waals surface area contributed by atoms with Gasteiger partial charge in [-0.3, -0.25) is 4.57 Å². The van der Waals surface area contributed by atoms with Crippen molar-refractivity contribution in [3.05, 3.63) is 78.1 Å². The van der Waals surface area contributed by atoms with E-state index < -0.39 is 0 Å². The largest absolute Gasteiger partial charge is 0.507 e. The number of ether oxygens (including phenoxy) is 1. The summed E-state index contributed by atoms with van der Waals surface area (Å²) in [6.07, 6.45) is 1.68. The van der Waals surface area contributed by atoms with Crippen LogP contribution >= 0.6 is 0 Å². The highest BCUT2D eigenvalue weighted by atomic mass is 16.5. The van der Waals surface area contributed by atoms with Crippen molar-refractivity contribution in [2.45, 2.75) is 0 Å². The Morgan fingerprint density at radius 3 is 2.50 bits per heavy atom. The second-order valence-electron chi connectivity index (χ2n) is 7.48. The lowest BCUT2D eigenvalue weighted by Crippen LogP contribution is -2.38. The molecule has 2 heterocycles. The predicted molar refractivity (Wildman–Crippen MR) is 123 cm³/mol. The molecule has 0 unspecified atom stereocenters. The van der Waals surface area contributed by atoms with Crippen LogP contribution in [0.25, 0.3) is 28.1 Å². The number of aromatic nitrogens is 3. The highest BCUT2D eigenvalue weighted by molar-refractivity contribution is 5.99. The second kappa shape index (κ2) is 8.53. The number of nitriles is 1. The number of para-hydroxylation sites is 1. The zero-order chi connectivity index (χ0) is 21.9. The second-order valence-corrected chi connectivity index (χ2v) is 7.48. The van der Waals surface area contributed by atoms with Crippen LogP contribution in [0.1, 0.15) is 11.4 Å². The van der Waals surface area contributed by atoms with Gasteiger partial charge in [0.2, 0.25) is 5.95 Å². The normalized spacial score (nSPS) is 14.5. The summed E-state index contributed by atoms with van der Waals surface area (Å²) < 4.78 is 7.38. The number of phenolic OH excluding ortho intramolecular Hbond substituents is 1. The number of allylic oxidation sites excluding steroid dienone is 1. The summed E-state index contributed by atoms with van der Waals surface area (Å²) in [5.74, 6) is 1.20. The highest BCUT2D eigenvalue weighted by Gasteiger charge is 2.23. The summed E-state index contributed by atoms with van der Waals surface area (Å²) in [4.78, 5) is 2.11. The minimum absolute atomic E-state index is 0.107. The number of anilines is 1. The van der Waals surface area contributed by atoms with Crippen LogP contribution in [-0.2, 0) is 4.74 Å². The topological polar surface area (TPSA) is 87.2 Å². The SMILES string of the molecule is N#CC(=Cc1c(O)ccc2ccccc12)c1nnc(N2CCOCC2)n1-c1ccccc1. The van der Waals surface area contributed by atoms with Crippen LogP contribution in [0.15, 0.2) is 66.7 Å². The van der Waals surface area contributed by atoms with Gasteiger partial charge in [-0.15, -0.1) is 10.2 Å². The maximum absolute atomic E-state index is 10.6. The third kappa shape index (κ3) is 3.57. The number of phenols is 1. The number of benzene rings is 3. The molecule has 1 saturated heterocycles. The molecule has 1 aliphatic rings. The van der Waals surface area contributed by atoms with Crippen LogP contribution in [0.2, 0.25) is 0 Å². The molecule has 5 rings (SSSR count). The Kier molecular flexibility index (Phi) is 5.28. The number of rotatable bonds is 4. The van der Waals surface area contributed by atoms with E-state index in [0.717, 1.165) is 16.5 Å². The van der Waals surface area contributed by atoms with Crippen LogP contribution in [0, 0.1) is 11.3 Å². The van der Waals surface area contributed by atoms with E-state index in [1.54, 1.807) is 12.1 Å². The van der Waals surface area contributed by atoms with Gasteiger partial charge in [-0.05, 0) is 35.0 Å². The monoisotopic (exact) mass is 423 g/mol. The number of morpholine rings is 1. The van der Waals surface area contributed by atoms with Crippen molar-refractivity contribution in [2.24, 2.45) is 0 Å². The van der Waals surface area contributed by atoms with Gasteiger partial charge in [0.15, 0.2) is 5.82 Å². The zero-order valence-electron chi connectivity index (χ0n) is 17.3. The Morgan fingerprint density at radius 2 is 1.72 bits per heavy atom. The number of hydrogen-bond donors (Lipinski definition) is 1. The van der Waals surface area contributed by atoms with E-state index in [0.29, 0.717) is 49.2 Å². The molecule has 0 spiro atoms. The molecule has 7 heteroatoms. The summed E-state index contributed by atoms with van der Waals surface area (Å²) in [6.45, 7) is 2.62. The average molecular weight is 423 g/mol. The van der Waals surface area contributed by atoms with Crippen molar-refractivity contribution >= 4 is 28.4 Å². The molecule has 4 aromatic rings. The quantitative estimate of drug-likeness (QED) is 0.499. The van der Waals surface area contributed by atoms with Crippen molar-refractivity contribution in [1.29, 1.82) is 5.26 Å². The van der Waals surface area contributed by atoms with E-state index in [1.807, 2.05) is 65.2 Å². The molecule has 1 aliphatic heterocycles. The summed E-state index contributed by atoms with van der Waals surface area (Å²) in [5.41, 5.74) is 1.75. The molecule has 158 valence electrons. The first-order valence-corrected chi connectivity index (χ1v) is 10.4. The molecule has 0 aliphatic carbocycles. The third-order valence-electron chi connectivity index (χ3n) is 5.55. The first kappa shape index (κ1) is 19.8. The molecule has 0 radical (unpaired) electrons. The number of nitrogens with zero attached hydrogens (tertiary/aromatic N) is 5. The Balaban J connectivity index is 1.70. The van der Waals surface area contributed by atoms with Crippen molar-refractivity contribution in [1.82, 2.24) is 14.8 Å². The molecule has 0 saturated carbocycles. The number of fused-ring (bicyclic) bond motifs is 1. The molecule has 3 aromatic carbocycles. The molecule has 7 nitrogen and oxygen atoms in total. The lowest BCUT2D eigenvalue weighted by Gasteiger charge is -2.28. The summed E-state index contributed by atoms with van der Waals surface area (Å²) in [6, 6.07) is 23.3. The summed E-state index contributed by atoms with van der Waals surface area (Å²) in [7, 11) is 0. The third-order valence-corrected chi connectivity index (χ3v) is 5.55. The van der Waals surface area contributed by atoms with E-state index in [4.69, 9.17) is 4.74 Å². The molecule has 1 aromatic heterocycles. The van der Waals surface area contributed by atoms with E-state index in [-0.39, 0.29) is 5.75 Å². The molecule has 1 N–H and O–H groups in total. The Morgan fingerprint density at radius 1 is 0.969 bits per heavy atom. The van der Waals surface area contributed by atoms with Crippen molar-refractivity contribution in [3.63, 3.8) is 0 Å². The van der Waals surface area contributed by atoms with Gasteiger partial charge < -0.3 is 14.7 Å². The van der Waals surface area contributed by atoms with Gasteiger partial charge >= 0.3 is 0 Å². The highest BCUT2D eigenvalue weighted by Crippen LogP contribution is 2.32. The van der Waals surface area contributed by atoms with E-state index in [9.17, 15) is 10.4 Å². The molecular formula is C25H21N5O2. The standard InChI is InChI=1S/C25H21N5O2/c26-17-19(16-22-21-9-5-4-6-18(21)10-11-23(22)31)24-27-28-25(29-12-14-32-15-13-29)30(24)20-7-2-1-3-8-20/h1-11,16,31H,12-15H2. The van der Waals surface area contributed by atoms with Gasteiger partial charge in [-0.25, -0.2) is 0 Å². The zero-order valence-corrected chi connectivity index (χ0v) is 17.3. The smallest absolute Gasteiger partial charge is 0.232 e. The number of hydrogen-bond acceptors (Lipinski definition) is 6. The summed E-state index contributed by atoms with van der Waals surface area (Å²) >= 11 is 0. The molecular weight excluding hydrogens is 402 g/mol. The fourth-order valence-corrected chi connectivity index (χ4v) is 3.96. The predicted octanol–water partition coefficient (Wildman–Crippen LogP) is 4.03. The molecule has 1 fully saturated rings. The van der Waals surface area contributed by atoms with E-state index in [2.05, 4.69) is 21.2 Å². The van der Waals surface area contributed by atoms with Crippen molar-refractivity contribution < 1.29 is 9.84 Å². The van der Waals surface area contributed by atoms with Gasteiger partial charge in [0.1, 0.15) is 11.8 Å². The van der Waals surface area contributed by atoms with Crippen LogP contribution in [0.5, 0.6) is 5.75 Å². The Hall–Kier alpha value is -4.15. The fourth-order valence-electron chi connectivity index (χ4n) is 3.96. The first-order valence-electron chi connectivity index (χ1n) is 10.4. The number of aromatic hydroxyl groups is 1. The van der Waals surface area contributed by atoms with Crippen LogP contribution in [0.4, 0.5) is 5.95 Å². The van der Waals surface area contributed by atoms with E-state index >= 15 is 0 Å².